The maximum absolute atomic E-state index is 11.9. The number of Topliss-reactive ketones (excluding diaryl/α,β-unsaturated/α-hetero) is 1. The molecule has 1 aromatic carbocycles. The van der Waals surface area contributed by atoms with Crippen molar-refractivity contribution < 1.29 is 27.7 Å². The lowest BCUT2D eigenvalue weighted by atomic mass is 10.3. The van der Waals surface area contributed by atoms with Gasteiger partial charge in [-0.05, 0) is 19.1 Å². The van der Waals surface area contributed by atoms with Gasteiger partial charge in [0.25, 0.3) is 5.69 Å². The van der Waals surface area contributed by atoms with E-state index in [9.17, 15) is 28.1 Å². The fraction of sp³-hybridized carbons (Fsp3) is 0.333. The predicted molar refractivity (Wildman–Crippen MR) is 71.4 cm³/mol. The minimum Gasteiger partial charge on any atom is -0.466 e. The first-order valence-electron chi connectivity index (χ1n) is 5.91. The summed E-state index contributed by atoms with van der Waals surface area (Å²) in [6.07, 6.45) is -0.625. The zero-order valence-electron chi connectivity index (χ0n) is 11.1. The molecule has 0 spiro atoms. The molecule has 0 saturated heterocycles. The van der Waals surface area contributed by atoms with Gasteiger partial charge < -0.3 is 4.74 Å². The summed E-state index contributed by atoms with van der Waals surface area (Å²) in [4.78, 5) is 32.2. The van der Waals surface area contributed by atoms with Crippen LogP contribution < -0.4 is 0 Å². The largest absolute Gasteiger partial charge is 0.466 e. The summed E-state index contributed by atoms with van der Waals surface area (Å²) in [6, 6.07) is 4.15. The van der Waals surface area contributed by atoms with E-state index in [-0.39, 0.29) is 17.2 Å². The minimum atomic E-state index is -3.94. The van der Waals surface area contributed by atoms with Crippen molar-refractivity contribution in [3.8, 4) is 0 Å². The highest BCUT2D eigenvalue weighted by atomic mass is 32.2. The second-order valence-corrected chi connectivity index (χ2v) is 6.02. The van der Waals surface area contributed by atoms with Crippen LogP contribution in [0.3, 0.4) is 0 Å². The molecule has 0 N–H and O–H groups in total. The number of sulfone groups is 1. The van der Waals surface area contributed by atoms with Gasteiger partial charge in [0.1, 0.15) is 12.2 Å². The minimum absolute atomic E-state index is 0.0984. The van der Waals surface area contributed by atoms with E-state index in [2.05, 4.69) is 4.74 Å². The van der Waals surface area contributed by atoms with Crippen LogP contribution in [0.2, 0.25) is 0 Å². The molecule has 0 aliphatic carbocycles. The molecule has 0 bridgehead atoms. The molecule has 0 unspecified atom stereocenters. The molecule has 0 aliphatic heterocycles. The maximum atomic E-state index is 11.9. The molecular formula is C12H13NO7S. The third-order valence-electron chi connectivity index (χ3n) is 2.40. The molecule has 8 nitrogen and oxygen atoms in total. The average molecular weight is 315 g/mol. The molecule has 0 amide bonds. The van der Waals surface area contributed by atoms with Crippen LogP contribution in [-0.4, -0.2) is 37.5 Å². The zero-order chi connectivity index (χ0) is 16.0. The van der Waals surface area contributed by atoms with Gasteiger partial charge >= 0.3 is 5.97 Å². The van der Waals surface area contributed by atoms with Gasteiger partial charge in [-0.15, -0.1) is 0 Å². The third-order valence-corrected chi connectivity index (χ3v) is 4.10. The number of rotatable bonds is 7. The van der Waals surface area contributed by atoms with Crippen LogP contribution in [-0.2, 0) is 24.2 Å². The van der Waals surface area contributed by atoms with Crippen molar-refractivity contribution in [1.82, 2.24) is 0 Å². The molecule has 0 aromatic heterocycles. The first-order chi connectivity index (χ1) is 9.76. The van der Waals surface area contributed by atoms with Crippen LogP contribution in [0.1, 0.15) is 13.3 Å². The quantitative estimate of drug-likeness (QED) is 0.317. The Morgan fingerprint density at radius 3 is 2.29 bits per heavy atom. The van der Waals surface area contributed by atoms with Crippen molar-refractivity contribution >= 4 is 27.3 Å². The molecule has 9 heteroatoms. The van der Waals surface area contributed by atoms with E-state index in [1.165, 1.54) is 0 Å². The van der Waals surface area contributed by atoms with E-state index >= 15 is 0 Å². The molecule has 1 rings (SSSR count). The molecule has 0 radical (unpaired) electrons. The topological polar surface area (TPSA) is 121 Å². The van der Waals surface area contributed by atoms with Crippen LogP contribution in [0, 0.1) is 10.1 Å². The lowest BCUT2D eigenvalue weighted by Crippen LogP contribution is -2.20. The SMILES string of the molecule is CCOC(=O)CC(=O)CS(=O)(=O)c1ccc([N+](=O)[O-])cc1. The molecule has 0 fully saturated rings. The number of ether oxygens (including phenoxy) is 1. The van der Waals surface area contributed by atoms with Gasteiger partial charge in [-0.1, -0.05) is 0 Å². The van der Waals surface area contributed by atoms with Gasteiger partial charge in [0, 0.05) is 12.1 Å². The zero-order valence-corrected chi connectivity index (χ0v) is 12.0. The molecule has 0 aliphatic rings. The van der Waals surface area contributed by atoms with Crippen molar-refractivity contribution in [3.05, 3.63) is 34.4 Å². The highest BCUT2D eigenvalue weighted by Gasteiger charge is 2.22. The summed E-state index contributed by atoms with van der Waals surface area (Å²) in [5.41, 5.74) is -0.258. The third kappa shape index (κ3) is 4.95. The van der Waals surface area contributed by atoms with E-state index in [0.29, 0.717) is 0 Å². The van der Waals surface area contributed by atoms with Crippen molar-refractivity contribution in [3.63, 3.8) is 0 Å². The molecule has 0 atom stereocenters. The summed E-state index contributed by atoms with van der Waals surface area (Å²) in [5, 5.41) is 10.5. The first kappa shape index (κ1) is 16.8. The lowest BCUT2D eigenvalue weighted by molar-refractivity contribution is -0.384. The summed E-state index contributed by atoms with van der Waals surface area (Å²) in [6.45, 7) is 1.66. The fourth-order valence-electron chi connectivity index (χ4n) is 1.49. The van der Waals surface area contributed by atoms with Gasteiger partial charge in [0.05, 0.1) is 16.4 Å². The van der Waals surface area contributed by atoms with E-state index in [4.69, 9.17) is 0 Å². The van der Waals surface area contributed by atoms with Gasteiger partial charge in [-0.2, -0.15) is 0 Å². The average Bonchev–Trinajstić information content (AvgIpc) is 2.38. The summed E-state index contributed by atoms with van der Waals surface area (Å²) in [5.74, 6) is -2.45. The van der Waals surface area contributed by atoms with E-state index < -0.39 is 38.7 Å². The number of hydrogen-bond donors (Lipinski definition) is 0. The van der Waals surface area contributed by atoms with Crippen molar-refractivity contribution in [2.24, 2.45) is 0 Å². The standard InChI is InChI=1S/C12H13NO7S/c1-2-20-12(15)7-10(14)8-21(18,19)11-5-3-9(4-6-11)13(16)17/h3-6H,2,7-8H2,1H3. The van der Waals surface area contributed by atoms with Crippen LogP contribution in [0.4, 0.5) is 5.69 Å². The summed E-state index contributed by atoms with van der Waals surface area (Å²) >= 11 is 0. The van der Waals surface area contributed by atoms with Crippen LogP contribution in [0.25, 0.3) is 0 Å². The van der Waals surface area contributed by atoms with Crippen LogP contribution in [0.15, 0.2) is 29.2 Å². The van der Waals surface area contributed by atoms with Gasteiger partial charge in [-0.3, -0.25) is 19.7 Å². The molecule has 1 aromatic rings. The monoisotopic (exact) mass is 315 g/mol. The van der Waals surface area contributed by atoms with Crippen molar-refractivity contribution in [2.45, 2.75) is 18.2 Å². The number of carbonyl (C=O) groups excluding carboxylic acids is 2. The van der Waals surface area contributed by atoms with E-state index in [1.54, 1.807) is 6.92 Å². The number of carbonyl (C=O) groups is 2. The second kappa shape index (κ2) is 6.93. The Labute approximate surface area is 120 Å². The van der Waals surface area contributed by atoms with Crippen LogP contribution >= 0.6 is 0 Å². The first-order valence-corrected chi connectivity index (χ1v) is 7.56. The highest BCUT2D eigenvalue weighted by Crippen LogP contribution is 2.17. The number of esters is 1. The Kier molecular flexibility index (Phi) is 5.53. The Morgan fingerprint density at radius 1 is 1.24 bits per heavy atom. The number of non-ortho nitro benzene ring substituents is 1. The number of hydrogen-bond acceptors (Lipinski definition) is 7. The lowest BCUT2D eigenvalue weighted by Gasteiger charge is -2.04. The number of nitro groups is 1. The Hall–Kier alpha value is -2.29. The van der Waals surface area contributed by atoms with Gasteiger partial charge in [0.2, 0.25) is 0 Å². The number of nitro benzene ring substituents is 1. The van der Waals surface area contributed by atoms with Crippen molar-refractivity contribution in [2.75, 3.05) is 12.4 Å². The van der Waals surface area contributed by atoms with Gasteiger partial charge in [-0.25, -0.2) is 8.42 Å². The van der Waals surface area contributed by atoms with Gasteiger partial charge in [0.15, 0.2) is 15.6 Å². The predicted octanol–water partition coefficient (Wildman–Crippen LogP) is 0.891. The number of ketones is 1. The van der Waals surface area contributed by atoms with Crippen molar-refractivity contribution in [1.29, 1.82) is 0 Å². The summed E-state index contributed by atoms with van der Waals surface area (Å²) in [7, 11) is -3.94. The van der Waals surface area contributed by atoms with E-state index in [0.717, 1.165) is 24.3 Å². The molecule has 0 saturated carbocycles. The van der Waals surface area contributed by atoms with E-state index in [1.807, 2.05) is 0 Å². The Bertz CT molecular complexity index is 649. The molecular weight excluding hydrogens is 302 g/mol. The molecule has 114 valence electrons. The number of nitrogens with zero attached hydrogens (tertiary/aromatic N) is 1. The molecule has 0 heterocycles. The normalized spacial score (nSPS) is 10.9. The smallest absolute Gasteiger partial charge is 0.313 e. The Morgan fingerprint density at radius 2 is 1.81 bits per heavy atom. The molecule has 21 heavy (non-hydrogen) atoms. The highest BCUT2D eigenvalue weighted by molar-refractivity contribution is 7.92. The van der Waals surface area contributed by atoms with Crippen LogP contribution in [0.5, 0.6) is 0 Å². The fourth-order valence-corrected chi connectivity index (χ4v) is 2.74. The number of benzene rings is 1. The Balaban J connectivity index is 2.79. The maximum Gasteiger partial charge on any atom is 0.313 e. The summed E-state index contributed by atoms with van der Waals surface area (Å²) < 4.78 is 28.4. The second-order valence-electron chi connectivity index (χ2n) is 4.03.